The number of nitrogens with one attached hydrogen (secondary N) is 1. The standard InChI is InChI=1S/C25H28N4O2S/c1-25(2,31)14-13-21-11-12-22(32-21)18-28-16-4-3-6-23(28)24(30)27-19-7-9-20(10-8-19)29-17-5-15-26-29/h5,7-12,15,17,23,31H,3-4,6,16,18H2,1-2H3,(H,27,30). The third kappa shape index (κ3) is 5.86. The molecule has 4 rings (SSSR count). The predicted molar refractivity (Wildman–Crippen MR) is 128 cm³/mol. The number of carbonyl (C=O) groups excluding carboxylic acids is 1. The van der Waals surface area contributed by atoms with E-state index in [0.717, 1.165) is 48.6 Å². The Morgan fingerprint density at radius 1 is 1.25 bits per heavy atom. The van der Waals surface area contributed by atoms with Crippen molar-refractivity contribution in [1.29, 1.82) is 0 Å². The van der Waals surface area contributed by atoms with Crippen LogP contribution >= 0.6 is 11.3 Å². The fourth-order valence-electron chi connectivity index (χ4n) is 3.77. The van der Waals surface area contributed by atoms with E-state index in [1.54, 1.807) is 36.1 Å². The molecule has 7 heteroatoms. The van der Waals surface area contributed by atoms with Crippen molar-refractivity contribution >= 4 is 22.9 Å². The summed E-state index contributed by atoms with van der Waals surface area (Å²) in [5, 5.41) is 17.1. The number of likely N-dealkylation sites (tertiary alicyclic amines) is 1. The van der Waals surface area contributed by atoms with Crippen LogP contribution in [0.25, 0.3) is 5.69 Å². The predicted octanol–water partition coefficient (Wildman–Crippen LogP) is 4.05. The number of aliphatic hydroxyl groups is 1. The zero-order valence-corrected chi connectivity index (χ0v) is 19.2. The summed E-state index contributed by atoms with van der Waals surface area (Å²) in [7, 11) is 0. The molecular formula is C25H28N4O2S. The van der Waals surface area contributed by atoms with Crippen molar-refractivity contribution in [2.24, 2.45) is 0 Å². The molecule has 0 aliphatic carbocycles. The summed E-state index contributed by atoms with van der Waals surface area (Å²) >= 11 is 1.62. The number of thiophene rings is 1. The fourth-order valence-corrected chi connectivity index (χ4v) is 4.65. The van der Waals surface area contributed by atoms with Crippen molar-refractivity contribution in [2.45, 2.75) is 51.3 Å². The molecule has 1 fully saturated rings. The first-order valence-electron chi connectivity index (χ1n) is 10.9. The van der Waals surface area contributed by atoms with Gasteiger partial charge in [0.05, 0.1) is 16.6 Å². The SMILES string of the molecule is CC(C)(O)C#Cc1ccc(CN2CCCCC2C(=O)Nc2ccc(-n3cccn3)cc2)s1. The van der Waals surface area contributed by atoms with Crippen molar-refractivity contribution in [3.05, 3.63) is 64.6 Å². The molecule has 0 radical (unpaired) electrons. The van der Waals surface area contributed by atoms with Crippen molar-refractivity contribution in [2.75, 3.05) is 11.9 Å². The zero-order chi connectivity index (χ0) is 22.6. The van der Waals surface area contributed by atoms with Gasteiger partial charge < -0.3 is 10.4 Å². The number of piperidine rings is 1. The highest BCUT2D eigenvalue weighted by Gasteiger charge is 2.29. The van der Waals surface area contributed by atoms with Crippen LogP contribution in [0.5, 0.6) is 0 Å². The topological polar surface area (TPSA) is 70.4 Å². The molecule has 3 heterocycles. The Morgan fingerprint density at radius 2 is 2.06 bits per heavy atom. The summed E-state index contributed by atoms with van der Waals surface area (Å²) < 4.78 is 1.79. The van der Waals surface area contributed by atoms with Gasteiger partial charge >= 0.3 is 0 Å². The van der Waals surface area contributed by atoms with Gasteiger partial charge in [0.2, 0.25) is 5.91 Å². The van der Waals surface area contributed by atoms with Crippen molar-refractivity contribution in [1.82, 2.24) is 14.7 Å². The van der Waals surface area contributed by atoms with Crippen LogP contribution in [0.3, 0.4) is 0 Å². The molecule has 1 atom stereocenters. The summed E-state index contributed by atoms with van der Waals surface area (Å²) in [4.78, 5) is 17.4. The monoisotopic (exact) mass is 448 g/mol. The second-order valence-corrected chi connectivity index (χ2v) is 9.71. The summed E-state index contributed by atoms with van der Waals surface area (Å²) in [6.07, 6.45) is 6.64. The van der Waals surface area contributed by atoms with Gasteiger partial charge in [-0.1, -0.05) is 18.3 Å². The van der Waals surface area contributed by atoms with Crippen molar-refractivity contribution in [3.63, 3.8) is 0 Å². The maximum Gasteiger partial charge on any atom is 0.241 e. The Kier molecular flexibility index (Phi) is 6.75. The van der Waals surface area contributed by atoms with E-state index in [1.165, 1.54) is 4.88 Å². The molecule has 2 aromatic heterocycles. The number of aromatic nitrogens is 2. The van der Waals surface area contributed by atoms with E-state index >= 15 is 0 Å². The maximum absolute atomic E-state index is 13.1. The molecule has 1 unspecified atom stereocenters. The summed E-state index contributed by atoms with van der Waals surface area (Å²) in [5.74, 6) is 5.93. The van der Waals surface area contributed by atoms with Crippen molar-refractivity contribution < 1.29 is 9.90 Å². The van der Waals surface area contributed by atoms with E-state index in [1.807, 2.05) is 42.6 Å². The lowest BCUT2D eigenvalue weighted by molar-refractivity contribution is -0.122. The Labute approximate surface area is 192 Å². The second-order valence-electron chi connectivity index (χ2n) is 8.54. The Bertz CT molecular complexity index is 1100. The van der Waals surface area contributed by atoms with E-state index in [4.69, 9.17) is 0 Å². The maximum atomic E-state index is 13.1. The summed E-state index contributed by atoms with van der Waals surface area (Å²) in [5.41, 5.74) is 0.738. The number of anilines is 1. The van der Waals surface area contributed by atoms with Crippen molar-refractivity contribution in [3.8, 4) is 17.5 Å². The van der Waals surface area contributed by atoms with Gasteiger partial charge in [-0.05, 0) is 75.7 Å². The third-order valence-corrected chi connectivity index (χ3v) is 6.32. The quantitative estimate of drug-likeness (QED) is 0.578. The number of benzene rings is 1. The molecule has 166 valence electrons. The highest BCUT2D eigenvalue weighted by atomic mass is 32.1. The van der Waals surface area contributed by atoms with E-state index in [0.29, 0.717) is 0 Å². The molecule has 32 heavy (non-hydrogen) atoms. The lowest BCUT2D eigenvalue weighted by atomic mass is 10.0. The number of nitrogens with zero attached hydrogens (tertiary/aromatic N) is 3. The van der Waals surface area contributed by atoms with Crippen LogP contribution in [-0.2, 0) is 11.3 Å². The molecule has 1 aromatic carbocycles. The van der Waals surface area contributed by atoms with Gasteiger partial charge in [-0.15, -0.1) is 11.3 Å². The van der Waals surface area contributed by atoms with Gasteiger partial charge in [0.25, 0.3) is 0 Å². The van der Waals surface area contributed by atoms with Crippen LogP contribution in [0.4, 0.5) is 5.69 Å². The normalized spacial score (nSPS) is 16.9. The minimum Gasteiger partial charge on any atom is -0.378 e. The first-order chi connectivity index (χ1) is 15.4. The van der Waals surface area contributed by atoms with E-state index < -0.39 is 5.60 Å². The average molecular weight is 449 g/mol. The average Bonchev–Trinajstić information content (AvgIpc) is 3.45. The summed E-state index contributed by atoms with van der Waals surface area (Å²) in [6, 6.07) is 13.5. The fraction of sp³-hybridized carbons (Fsp3) is 0.360. The molecule has 1 aliphatic heterocycles. The second kappa shape index (κ2) is 9.70. The smallest absolute Gasteiger partial charge is 0.241 e. The number of carbonyl (C=O) groups is 1. The number of rotatable bonds is 5. The van der Waals surface area contributed by atoms with E-state index in [9.17, 15) is 9.90 Å². The highest BCUT2D eigenvalue weighted by Crippen LogP contribution is 2.25. The van der Waals surface area contributed by atoms with Gasteiger partial charge in [0.15, 0.2) is 0 Å². The summed E-state index contributed by atoms with van der Waals surface area (Å²) in [6.45, 7) is 4.98. The molecule has 0 bridgehead atoms. The van der Waals surface area contributed by atoms with Crippen LogP contribution in [-0.4, -0.2) is 43.9 Å². The first kappa shape index (κ1) is 22.3. The molecular weight excluding hydrogens is 420 g/mol. The number of hydrogen-bond acceptors (Lipinski definition) is 5. The van der Waals surface area contributed by atoms with Crippen LogP contribution in [0.1, 0.15) is 42.9 Å². The van der Waals surface area contributed by atoms with Crippen LogP contribution in [0, 0.1) is 11.8 Å². The minimum absolute atomic E-state index is 0.0372. The lowest BCUT2D eigenvalue weighted by Gasteiger charge is -2.34. The van der Waals surface area contributed by atoms with Gasteiger partial charge in [0, 0.05) is 29.5 Å². The van der Waals surface area contributed by atoms with Crippen LogP contribution < -0.4 is 5.32 Å². The molecule has 6 nitrogen and oxygen atoms in total. The van der Waals surface area contributed by atoms with Gasteiger partial charge in [-0.3, -0.25) is 9.69 Å². The Hall–Kier alpha value is -2.92. The largest absolute Gasteiger partial charge is 0.378 e. The highest BCUT2D eigenvalue weighted by molar-refractivity contribution is 7.12. The van der Waals surface area contributed by atoms with Gasteiger partial charge in [-0.2, -0.15) is 5.10 Å². The Balaban J connectivity index is 1.40. The molecule has 1 amide bonds. The molecule has 1 aliphatic rings. The lowest BCUT2D eigenvalue weighted by Crippen LogP contribution is -2.46. The van der Waals surface area contributed by atoms with Crippen LogP contribution in [0.2, 0.25) is 0 Å². The van der Waals surface area contributed by atoms with Gasteiger partial charge in [-0.25, -0.2) is 4.68 Å². The zero-order valence-electron chi connectivity index (χ0n) is 18.4. The first-order valence-corrected chi connectivity index (χ1v) is 11.7. The Morgan fingerprint density at radius 3 is 2.78 bits per heavy atom. The number of amides is 1. The van der Waals surface area contributed by atoms with Gasteiger partial charge in [0.1, 0.15) is 5.60 Å². The molecule has 2 N–H and O–H groups in total. The minimum atomic E-state index is -1.00. The van der Waals surface area contributed by atoms with E-state index in [2.05, 4.69) is 33.2 Å². The molecule has 0 saturated carbocycles. The van der Waals surface area contributed by atoms with Crippen LogP contribution in [0.15, 0.2) is 54.9 Å². The molecule has 3 aromatic rings. The van der Waals surface area contributed by atoms with E-state index in [-0.39, 0.29) is 11.9 Å². The third-order valence-electron chi connectivity index (χ3n) is 5.33. The molecule has 0 spiro atoms. The molecule has 1 saturated heterocycles. The number of hydrogen-bond donors (Lipinski definition) is 2.